The van der Waals surface area contributed by atoms with E-state index >= 15 is 0 Å². The maximum absolute atomic E-state index is 11.9. The highest BCUT2D eigenvalue weighted by Crippen LogP contribution is 2.64. The summed E-state index contributed by atoms with van der Waals surface area (Å²) in [6.45, 7) is 4.95. The number of carbonyl (C=O) groups excluding carboxylic acids is 1. The normalized spacial score (nSPS) is 50.1. The summed E-state index contributed by atoms with van der Waals surface area (Å²) in [4.78, 5) is 11.9. The number of fused-ring (bicyclic) bond motifs is 5. The van der Waals surface area contributed by atoms with Crippen molar-refractivity contribution in [1.82, 2.24) is 0 Å². The predicted octanol–water partition coefficient (Wildman–Crippen LogP) is 3.90. The Kier molecular flexibility index (Phi) is 3.21. The number of ketones is 1. The first kappa shape index (κ1) is 14.7. The van der Waals surface area contributed by atoms with Gasteiger partial charge in [0, 0.05) is 13.0 Å². The zero-order chi connectivity index (χ0) is 15.5. The molecule has 0 amide bonds. The smallest absolute Gasteiger partial charge is 0.155 e. The number of hydrogen-bond donors (Lipinski definition) is 1. The standard InChI is InChI=1S/C20H28O2/c1-19-8-3-4-17(19)18-16(7-9-19)15-6-5-14(22)10-13(15)11-20(18,2)12-21/h3-4,10,15-18,21H,5-9,11-12H2,1-2H3/t15-,16+,17+,18+,19-,20+/m0/s1. The summed E-state index contributed by atoms with van der Waals surface area (Å²) in [5, 5.41) is 10.2. The number of aliphatic hydroxyl groups excluding tert-OH is 1. The molecule has 6 atom stereocenters. The third-order valence-corrected chi connectivity index (χ3v) is 7.44. The van der Waals surface area contributed by atoms with Crippen molar-refractivity contribution in [1.29, 1.82) is 0 Å². The molecule has 0 radical (unpaired) electrons. The Morgan fingerprint density at radius 2 is 2.14 bits per heavy atom. The molecule has 0 unspecified atom stereocenters. The third kappa shape index (κ3) is 1.92. The Morgan fingerprint density at radius 1 is 1.32 bits per heavy atom. The van der Waals surface area contributed by atoms with Gasteiger partial charge in [0.05, 0.1) is 0 Å². The van der Waals surface area contributed by atoms with Gasteiger partial charge in [0.15, 0.2) is 5.78 Å². The molecule has 2 fully saturated rings. The molecule has 1 N–H and O–H groups in total. The number of aliphatic hydroxyl groups is 1. The van der Waals surface area contributed by atoms with Gasteiger partial charge in [-0.1, -0.05) is 31.6 Å². The van der Waals surface area contributed by atoms with Crippen LogP contribution in [0.25, 0.3) is 0 Å². The maximum atomic E-state index is 11.9. The van der Waals surface area contributed by atoms with Crippen molar-refractivity contribution < 1.29 is 9.90 Å². The number of carbonyl (C=O) groups is 1. The van der Waals surface area contributed by atoms with E-state index in [1.54, 1.807) is 0 Å². The first-order chi connectivity index (χ1) is 10.5. The van der Waals surface area contributed by atoms with Crippen LogP contribution in [0.15, 0.2) is 23.8 Å². The first-order valence-corrected chi connectivity index (χ1v) is 8.98. The van der Waals surface area contributed by atoms with Crippen molar-refractivity contribution in [3.8, 4) is 0 Å². The van der Waals surface area contributed by atoms with E-state index in [4.69, 9.17) is 0 Å². The van der Waals surface area contributed by atoms with Gasteiger partial charge >= 0.3 is 0 Å². The second-order valence-corrected chi connectivity index (χ2v) is 8.86. The Bertz CT molecular complexity index is 560. The molecule has 0 bridgehead atoms. The minimum Gasteiger partial charge on any atom is -0.396 e. The van der Waals surface area contributed by atoms with Gasteiger partial charge in [0.2, 0.25) is 0 Å². The van der Waals surface area contributed by atoms with E-state index in [9.17, 15) is 9.90 Å². The summed E-state index contributed by atoms with van der Waals surface area (Å²) in [5.74, 6) is 2.74. The minimum atomic E-state index is -0.0638. The average molecular weight is 300 g/mol. The highest BCUT2D eigenvalue weighted by atomic mass is 16.3. The molecule has 0 aromatic heterocycles. The molecule has 0 aliphatic heterocycles. The number of allylic oxidation sites excluding steroid dienone is 4. The van der Waals surface area contributed by atoms with Crippen LogP contribution in [-0.4, -0.2) is 17.5 Å². The van der Waals surface area contributed by atoms with Gasteiger partial charge < -0.3 is 5.11 Å². The van der Waals surface area contributed by atoms with E-state index in [0.717, 1.165) is 19.3 Å². The molecule has 2 heteroatoms. The van der Waals surface area contributed by atoms with E-state index in [1.165, 1.54) is 24.8 Å². The van der Waals surface area contributed by atoms with Crippen LogP contribution < -0.4 is 0 Å². The van der Waals surface area contributed by atoms with E-state index in [1.807, 2.05) is 6.08 Å². The molecular formula is C20H28O2. The molecule has 0 aromatic rings. The largest absolute Gasteiger partial charge is 0.396 e. The van der Waals surface area contributed by atoms with Gasteiger partial charge in [-0.05, 0) is 72.7 Å². The second-order valence-electron chi connectivity index (χ2n) is 8.86. The monoisotopic (exact) mass is 300 g/mol. The van der Waals surface area contributed by atoms with Crippen LogP contribution in [0.5, 0.6) is 0 Å². The molecule has 0 spiro atoms. The maximum Gasteiger partial charge on any atom is 0.155 e. The van der Waals surface area contributed by atoms with Crippen molar-refractivity contribution in [2.75, 3.05) is 6.61 Å². The minimum absolute atomic E-state index is 0.0638. The van der Waals surface area contributed by atoms with Crippen LogP contribution in [-0.2, 0) is 4.79 Å². The van der Waals surface area contributed by atoms with Gasteiger partial charge in [-0.2, -0.15) is 0 Å². The number of hydrogen-bond acceptors (Lipinski definition) is 2. The topological polar surface area (TPSA) is 37.3 Å². The van der Waals surface area contributed by atoms with Crippen LogP contribution in [0.4, 0.5) is 0 Å². The molecular weight excluding hydrogens is 272 g/mol. The van der Waals surface area contributed by atoms with Crippen molar-refractivity contribution in [3.63, 3.8) is 0 Å². The fraction of sp³-hybridized carbons (Fsp3) is 0.750. The van der Waals surface area contributed by atoms with Gasteiger partial charge in [0.1, 0.15) is 0 Å². The lowest BCUT2D eigenvalue weighted by Gasteiger charge is -2.59. The molecule has 0 heterocycles. The lowest BCUT2D eigenvalue weighted by atomic mass is 9.45. The van der Waals surface area contributed by atoms with Crippen molar-refractivity contribution in [2.45, 2.75) is 52.4 Å². The Labute approximate surface area is 133 Å². The van der Waals surface area contributed by atoms with Gasteiger partial charge in [-0.3, -0.25) is 4.79 Å². The van der Waals surface area contributed by atoms with E-state index in [-0.39, 0.29) is 12.0 Å². The van der Waals surface area contributed by atoms with Crippen LogP contribution in [0.1, 0.15) is 52.4 Å². The Morgan fingerprint density at radius 3 is 2.91 bits per heavy atom. The highest BCUT2D eigenvalue weighted by Gasteiger charge is 2.57. The molecule has 0 saturated heterocycles. The molecule has 2 nitrogen and oxygen atoms in total. The van der Waals surface area contributed by atoms with Crippen molar-refractivity contribution >= 4 is 5.78 Å². The predicted molar refractivity (Wildman–Crippen MR) is 87.2 cm³/mol. The molecule has 4 aliphatic carbocycles. The van der Waals surface area contributed by atoms with Crippen molar-refractivity contribution in [2.24, 2.45) is 34.5 Å². The zero-order valence-electron chi connectivity index (χ0n) is 13.8. The first-order valence-electron chi connectivity index (χ1n) is 8.98. The summed E-state index contributed by atoms with van der Waals surface area (Å²) in [6, 6.07) is 0. The van der Waals surface area contributed by atoms with Crippen LogP contribution >= 0.6 is 0 Å². The fourth-order valence-electron chi connectivity index (χ4n) is 6.30. The summed E-state index contributed by atoms with van der Waals surface area (Å²) in [7, 11) is 0. The van der Waals surface area contributed by atoms with Gasteiger partial charge in [0.25, 0.3) is 0 Å². The molecule has 2 saturated carbocycles. The van der Waals surface area contributed by atoms with Crippen LogP contribution in [0.3, 0.4) is 0 Å². The summed E-state index contributed by atoms with van der Waals surface area (Å²) in [6.07, 6.45) is 13.2. The van der Waals surface area contributed by atoms with Crippen LogP contribution in [0, 0.1) is 34.5 Å². The summed E-state index contributed by atoms with van der Waals surface area (Å²) < 4.78 is 0. The van der Waals surface area contributed by atoms with E-state index in [0.29, 0.717) is 34.9 Å². The molecule has 4 rings (SSSR count). The van der Waals surface area contributed by atoms with Gasteiger partial charge in [-0.15, -0.1) is 0 Å². The second kappa shape index (κ2) is 4.80. The van der Waals surface area contributed by atoms with Crippen LogP contribution in [0.2, 0.25) is 0 Å². The highest BCUT2D eigenvalue weighted by molar-refractivity contribution is 5.91. The SMILES string of the molecule is C[C@]1(CO)CC2=CC(=O)CC[C@@H]2[C@H]2CC[C@]3(C)CC=C[C@@H]3[C@@H]21. The summed E-state index contributed by atoms with van der Waals surface area (Å²) in [5.41, 5.74) is 1.69. The van der Waals surface area contributed by atoms with E-state index < -0.39 is 0 Å². The van der Waals surface area contributed by atoms with E-state index in [2.05, 4.69) is 26.0 Å². The zero-order valence-corrected chi connectivity index (χ0v) is 13.8. The van der Waals surface area contributed by atoms with Gasteiger partial charge in [-0.25, -0.2) is 0 Å². The Balaban J connectivity index is 1.77. The lowest BCUT2D eigenvalue weighted by Crippen LogP contribution is -2.54. The molecule has 120 valence electrons. The third-order valence-electron chi connectivity index (χ3n) is 7.44. The summed E-state index contributed by atoms with van der Waals surface area (Å²) >= 11 is 0. The molecule has 0 aromatic carbocycles. The average Bonchev–Trinajstić information content (AvgIpc) is 2.88. The Hall–Kier alpha value is -0.890. The lowest BCUT2D eigenvalue weighted by molar-refractivity contribution is -0.117. The fourth-order valence-corrected chi connectivity index (χ4v) is 6.30. The van der Waals surface area contributed by atoms with Crippen molar-refractivity contribution in [3.05, 3.63) is 23.8 Å². The number of rotatable bonds is 1. The quantitative estimate of drug-likeness (QED) is 0.746. The molecule has 22 heavy (non-hydrogen) atoms. The molecule has 4 aliphatic rings.